The number of aryl methyl sites for hydroxylation is 1. The summed E-state index contributed by atoms with van der Waals surface area (Å²) in [5.41, 5.74) is 3.05. The van der Waals surface area contributed by atoms with E-state index in [1.165, 1.54) is 102 Å². The van der Waals surface area contributed by atoms with E-state index in [0.29, 0.717) is 0 Å². The third kappa shape index (κ3) is 13.7. The molecule has 1 atom stereocenters. The predicted molar refractivity (Wildman–Crippen MR) is 130 cm³/mol. The monoisotopic (exact) mass is 412 g/mol. The second-order valence-electron chi connectivity index (χ2n) is 8.73. The first-order valence-electron chi connectivity index (χ1n) is 11.4. The second kappa shape index (κ2) is 16.9. The van der Waals surface area contributed by atoms with E-state index in [9.17, 15) is 0 Å². The average Bonchev–Trinajstić information content (AvgIpc) is 2.61. The van der Waals surface area contributed by atoms with Crippen LogP contribution in [0.15, 0.2) is 24.3 Å². The van der Waals surface area contributed by atoms with E-state index in [2.05, 4.69) is 54.3 Å². The number of halogens is 1. The summed E-state index contributed by atoms with van der Waals surface area (Å²) in [5, 5.41) is 0.187. The lowest BCUT2D eigenvalue weighted by Crippen LogP contribution is -2.10. The normalized spacial score (nSPS) is 11.4. The summed E-state index contributed by atoms with van der Waals surface area (Å²) in [7, 11) is 2.99. The molecule has 0 fully saturated rings. The lowest BCUT2D eigenvalue weighted by Gasteiger charge is -2.22. The van der Waals surface area contributed by atoms with Crippen LogP contribution in [0.2, 0.25) is 0 Å². The Morgan fingerprint density at radius 1 is 0.667 bits per heavy atom. The Bertz CT molecular complexity index is 450. The molecule has 0 nitrogen and oxygen atoms in total. The van der Waals surface area contributed by atoms with Crippen molar-refractivity contribution in [1.82, 2.24) is 0 Å². The van der Waals surface area contributed by atoms with E-state index in [4.69, 9.17) is 0 Å². The molecular formula is C25H46ClP. The molecule has 0 spiro atoms. The summed E-state index contributed by atoms with van der Waals surface area (Å²) >= 11 is 0. The minimum Gasteiger partial charge on any atom is -0.147 e. The highest BCUT2D eigenvalue weighted by atomic mass is 35.5. The van der Waals surface area contributed by atoms with Gasteiger partial charge in [-0.2, -0.15) is 0 Å². The first kappa shape index (κ1) is 26.9. The molecule has 0 aliphatic carbocycles. The van der Waals surface area contributed by atoms with Crippen molar-refractivity contribution in [3.8, 4) is 0 Å². The summed E-state index contributed by atoms with van der Waals surface area (Å²) in [5.74, 6) is 0. The molecule has 0 saturated carbocycles. The van der Waals surface area contributed by atoms with Crippen molar-refractivity contribution in [2.24, 2.45) is 0 Å². The molecule has 0 aliphatic heterocycles. The van der Waals surface area contributed by atoms with Gasteiger partial charge < -0.3 is 0 Å². The highest BCUT2D eigenvalue weighted by molar-refractivity contribution is 7.18. The molecule has 0 aliphatic rings. The number of hydrogen-bond acceptors (Lipinski definition) is 0. The van der Waals surface area contributed by atoms with Gasteiger partial charge in [0.2, 0.25) is 0 Å². The van der Waals surface area contributed by atoms with Gasteiger partial charge in [-0.05, 0) is 24.0 Å². The maximum atomic E-state index is 2.99. The molecule has 1 unspecified atom stereocenters. The summed E-state index contributed by atoms with van der Waals surface area (Å²) in [6.45, 7) is 6.88. The van der Waals surface area contributed by atoms with Crippen LogP contribution in [-0.2, 0) is 11.6 Å². The van der Waals surface area contributed by atoms with Gasteiger partial charge in [-0.3, -0.25) is 0 Å². The SMILES string of the molecule is CCCCCCCCCCCCCCCCc1ccccc1C(C)(C)P.Cl. The minimum absolute atomic E-state index is 0. The lowest BCUT2D eigenvalue weighted by molar-refractivity contribution is 0.535. The quantitative estimate of drug-likeness (QED) is 0.187. The van der Waals surface area contributed by atoms with Crippen molar-refractivity contribution < 1.29 is 0 Å². The molecule has 0 amide bonds. The third-order valence-electron chi connectivity index (χ3n) is 5.51. The van der Waals surface area contributed by atoms with Crippen LogP contribution in [0.4, 0.5) is 0 Å². The third-order valence-corrected chi connectivity index (χ3v) is 5.82. The Hall–Kier alpha value is -0.0600. The molecule has 0 N–H and O–H groups in total. The Morgan fingerprint density at radius 3 is 1.52 bits per heavy atom. The van der Waals surface area contributed by atoms with Gasteiger partial charge in [-0.15, -0.1) is 21.6 Å². The largest absolute Gasteiger partial charge is 0.147 e. The van der Waals surface area contributed by atoms with Crippen LogP contribution in [0.5, 0.6) is 0 Å². The van der Waals surface area contributed by atoms with Gasteiger partial charge in [0.1, 0.15) is 0 Å². The molecule has 1 aromatic carbocycles. The van der Waals surface area contributed by atoms with Crippen LogP contribution in [0.3, 0.4) is 0 Å². The van der Waals surface area contributed by atoms with Gasteiger partial charge in [0, 0.05) is 5.16 Å². The van der Waals surface area contributed by atoms with Crippen molar-refractivity contribution in [2.45, 2.75) is 122 Å². The second-order valence-corrected chi connectivity index (χ2v) is 10.2. The first-order valence-corrected chi connectivity index (χ1v) is 12.0. The molecule has 27 heavy (non-hydrogen) atoms. The van der Waals surface area contributed by atoms with Gasteiger partial charge in [0.05, 0.1) is 0 Å². The van der Waals surface area contributed by atoms with Crippen LogP contribution < -0.4 is 0 Å². The fraction of sp³-hybridized carbons (Fsp3) is 0.760. The number of hydrogen-bond donors (Lipinski definition) is 0. The predicted octanol–water partition coefficient (Wildman–Crippen LogP) is 9.24. The number of unbranched alkanes of at least 4 members (excludes halogenated alkanes) is 13. The van der Waals surface area contributed by atoms with Crippen molar-refractivity contribution in [3.05, 3.63) is 35.4 Å². The smallest absolute Gasteiger partial charge is 0.00440 e. The van der Waals surface area contributed by atoms with E-state index < -0.39 is 0 Å². The molecule has 0 radical (unpaired) electrons. The van der Waals surface area contributed by atoms with Crippen molar-refractivity contribution in [1.29, 1.82) is 0 Å². The van der Waals surface area contributed by atoms with Gasteiger partial charge in [0.15, 0.2) is 0 Å². The van der Waals surface area contributed by atoms with Gasteiger partial charge in [0.25, 0.3) is 0 Å². The zero-order valence-electron chi connectivity index (χ0n) is 18.4. The van der Waals surface area contributed by atoms with Crippen LogP contribution in [0.25, 0.3) is 0 Å². The summed E-state index contributed by atoms with van der Waals surface area (Å²) in [6, 6.07) is 8.99. The molecule has 2 heteroatoms. The van der Waals surface area contributed by atoms with E-state index in [0.717, 1.165) is 0 Å². The molecule has 1 rings (SSSR count). The van der Waals surface area contributed by atoms with Gasteiger partial charge in [-0.25, -0.2) is 0 Å². The molecule has 0 saturated heterocycles. The maximum absolute atomic E-state index is 2.99. The van der Waals surface area contributed by atoms with Crippen LogP contribution in [-0.4, -0.2) is 0 Å². The van der Waals surface area contributed by atoms with Gasteiger partial charge in [-0.1, -0.05) is 129 Å². The summed E-state index contributed by atoms with van der Waals surface area (Å²) in [6.07, 6.45) is 21.3. The summed E-state index contributed by atoms with van der Waals surface area (Å²) < 4.78 is 0. The highest BCUT2D eigenvalue weighted by Gasteiger charge is 2.16. The summed E-state index contributed by atoms with van der Waals surface area (Å²) in [4.78, 5) is 0. The van der Waals surface area contributed by atoms with Crippen LogP contribution >= 0.6 is 21.6 Å². The van der Waals surface area contributed by atoms with E-state index in [1.807, 2.05) is 0 Å². The van der Waals surface area contributed by atoms with E-state index >= 15 is 0 Å². The minimum atomic E-state index is 0. The Kier molecular flexibility index (Phi) is 16.8. The highest BCUT2D eigenvalue weighted by Crippen LogP contribution is 2.33. The van der Waals surface area contributed by atoms with E-state index in [-0.39, 0.29) is 17.6 Å². The number of benzene rings is 1. The number of rotatable bonds is 16. The standard InChI is InChI=1S/C25H45P.ClH/c1-4-5-6-7-8-9-10-11-12-13-14-15-16-17-20-23-21-18-19-22-24(23)25(2,3)26;/h18-19,21-22H,4-17,20,26H2,1-3H3;1H. The van der Waals surface area contributed by atoms with Gasteiger partial charge >= 0.3 is 0 Å². The van der Waals surface area contributed by atoms with Crippen molar-refractivity contribution >= 4 is 21.6 Å². The Labute approximate surface area is 179 Å². The fourth-order valence-electron chi connectivity index (χ4n) is 3.88. The van der Waals surface area contributed by atoms with Crippen molar-refractivity contribution in [2.75, 3.05) is 0 Å². The first-order chi connectivity index (χ1) is 12.6. The molecule has 0 bridgehead atoms. The zero-order chi connectivity index (χ0) is 19.1. The lowest BCUT2D eigenvalue weighted by atomic mass is 9.93. The molecule has 0 heterocycles. The average molecular weight is 413 g/mol. The molecule has 1 aromatic rings. The molecule has 0 aromatic heterocycles. The maximum Gasteiger partial charge on any atom is 0.00440 e. The van der Waals surface area contributed by atoms with Crippen molar-refractivity contribution in [3.63, 3.8) is 0 Å². The van der Waals surface area contributed by atoms with Crippen LogP contribution in [0, 0.1) is 0 Å². The van der Waals surface area contributed by atoms with E-state index in [1.54, 1.807) is 5.56 Å². The van der Waals surface area contributed by atoms with Crippen LogP contribution in [0.1, 0.15) is 122 Å². The topological polar surface area (TPSA) is 0 Å². The Balaban J connectivity index is 0.00000676. The molecular weight excluding hydrogens is 367 g/mol. The fourth-order valence-corrected chi connectivity index (χ4v) is 4.16. The zero-order valence-corrected chi connectivity index (χ0v) is 20.4. The Morgan fingerprint density at radius 2 is 1.07 bits per heavy atom. The molecule has 158 valence electrons.